The van der Waals surface area contributed by atoms with E-state index in [0.29, 0.717) is 6.04 Å². The molecule has 1 aromatic carbocycles. The third-order valence-electron chi connectivity index (χ3n) is 3.04. The normalized spacial score (nSPS) is 12.6. The molecule has 1 heterocycles. The van der Waals surface area contributed by atoms with Crippen molar-refractivity contribution >= 4 is 23.1 Å². The standard InChI is InChI=1S/C16H21NS2/c1-4-17-16(14-9-13(3)18-10-14)11-19-15-7-5-12(2)6-8-15/h5-10,16-17H,4,11H2,1-3H3. The van der Waals surface area contributed by atoms with E-state index >= 15 is 0 Å². The van der Waals surface area contributed by atoms with E-state index < -0.39 is 0 Å². The fourth-order valence-corrected chi connectivity index (χ4v) is 3.74. The molecule has 102 valence electrons. The second-order valence-electron chi connectivity index (χ2n) is 4.73. The van der Waals surface area contributed by atoms with Crippen LogP contribution in [0.3, 0.4) is 0 Å². The van der Waals surface area contributed by atoms with E-state index in [1.54, 1.807) is 0 Å². The van der Waals surface area contributed by atoms with E-state index in [-0.39, 0.29) is 0 Å². The monoisotopic (exact) mass is 291 g/mol. The van der Waals surface area contributed by atoms with Crippen LogP contribution in [-0.2, 0) is 0 Å². The molecule has 19 heavy (non-hydrogen) atoms. The molecule has 0 amide bonds. The molecule has 2 rings (SSSR count). The number of aryl methyl sites for hydroxylation is 2. The van der Waals surface area contributed by atoms with Gasteiger partial charge in [0.15, 0.2) is 0 Å². The average molecular weight is 291 g/mol. The summed E-state index contributed by atoms with van der Waals surface area (Å²) in [7, 11) is 0. The van der Waals surface area contributed by atoms with Gasteiger partial charge in [-0.25, -0.2) is 0 Å². The summed E-state index contributed by atoms with van der Waals surface area (Å²) in [6.07, 6.45) is 0. The van der Waals surface area contributed by atoms with E-state index in [9.17, 15) is 0 Å². The maximum absolute atomic E-state index is 3.58. The highest BCUT2D eigenvalue weighted by Crippen LogP contribution is 2.27. The Balaban J connectivity index is 1.99. The molecule has 0 saturated carbocycles. The van der Waals surface area contributed by atoms with Gasteiger partial charge in [-0.15, -0.1) is 23.1 Å². The second-order valence-corrected chi connectivity index (χ2v) is 6.93. The SMILES string of the molecule is CCNC(CSc1ccc(C)cc1)c1csc(C)c1. The van der Waals surface area contributed by atoms with Crippen LogP contribution in [0.15, 0.2) is 40.6 Å². The fraction of sp³-hybridized carbons (Fsp3) is 0.375. The van der Waals surface area contributed by atoms with Crippen LogP contribution in [0, 0.1) is 13.8 Å². The van der Waals surface area contributed by atoms with Crippen molar-refractivity contribution in [3.63, 3.8) is 0 Å². The maximum Gasteiger partial charge on any atom is 0.0423 e. The Morgan fingerprint density at radius 1 is 1.21 bits per heavy atom. The minimum atomic E-state index is 0.446. The number of nitrogens with one attached hydrogen (secondary N) is 1. The molecule has 0 fully saturated rings. The van der Waals surface area contributed by atoms with E-state index in [1.165, 1.54) is 20.9 Å². The van der Waals surface area contributed by atoms with Gasteiger partial charge < -0.3 is 5.32 Å². The summed E-state index contributed by atoms with van der Waals surface area (Å²) in [5.74, 6) is 1.08. The number of hydrogen-bond acceptors (Lipinski definition) is 3. The minimum Gasteiger partial charge on any atom is -0.309 e. The predicted molar refractivity (Wildman–Crippen MR) is 87.4 cm³/mol. The number of rotatable bonds is 6. The molecule has 3 heteroatoms. The summed E-state index contributed by atoms with van der Waals surface area (Å²) in [6, 6.07) is 11.5. The van der Waals surface area contributed by atoms with Gasteiger partial charge in [0.25, 0.3) is 0 Å². The topological polar surface area (TPSA) is 12.0 Å². The van der Waals surface area contributed by atoms with Gasteiger partial charge in [-0.3, -0.25) is 0 Å². The number of thioether (sulfide) groups is 1. The van der Waals surface area contributed by atoms with Crippen molar-refractivity contribution in [1.29, 1.82) is 0 Å². The zero-order valence-corrected chi connectivity index (χ0v) is 13.4. The van der Waals surface area contributed by atoms with Gasteiger partial charge in [0.2, 0.25) is 0 Å². The van der Waals surface area contributed by atoms with Crippen LogP contribution in [0.2, 0.25) is 0 Å². The summed E-state index contributed by atoms with van der Waals surface area (Å²) in [6.45, 7) is 7.48. The molecular formula is C16H21NS2. The quantitative estimate of drug-likeness (QED) is 0.767. The first-order valence-electron chi connectivity index (χ1n) is 6.67. The first-order valence-corrected chi connectivity index (χ1v) is 8.53. The van der Waals surface area contributed by atoms with E-state index in [1.807, 2.05) is 23.1 Å². The van der Waals surface area contributed by atoms with Crippen molar-refractivity contribution < 1.29 is 0 Å². The van der Waals surface area contributed by atoms with E-state index in [4.69, 9.17) is 0 Å². The molecule has 0 aliphatic carbocycles. The fourth-order valence-electron chi connectivity index (χ4n) is 1.98. The minimum absolute atomic E-state index is 0.446. The Bertz CT molecular complexity index is 502. The van der Waals surface area contributed by atoms with Crippen LogP contribution in [0.4, 0.5) is 0 Å². The van der Waals surface area contributed by atoms with Crippen LogP contribution in [0.25, 0.3) is 0 Å². The molecule has 0 aliphatic heterocycles. The smallest absolute Gasteiger partial charge is 0.0423 e. The number of hydrogen-bond donors (Lipinski definition) is 1. The molecule has 0 spiro atoms. The molecule has 0 radical (unpaired) electrons. The van der Waals surface area contributed by atoms with E-state index in [0.717, 1.165) is 12.3 Å². The van der Waals surface area contributed by atoms with Crippen LogP contribution < -0.4 is 5.32 Å². The van der Waals surface area contributed by atoms with E-state index in [2.05, 4.69) is 61.8 Å². The first-order chi connectivity index (χ1) is 9.19. The highest BCUT2D eigenvalue weighted by Gasteiger charge is 2.12. The molecule has 0 aliphatic rings. The van der Waals surface area contributed by atoms with Gasteiger partial charge in [0, 0.05) is 21.6 Å². The Hall–Kier alpha value is -0.770. The molecule has 1 nitrogen and oxygen atoms in total. The molecule has 1 N–H and O–H groups in total. The van der Waals surface area contributed by atoms with Gasteiger partial charge in [0.05, 0.1) is 0 Å². The molecular weight excluding hydrogens is 270 g/mol. The van der Waals surface area contributed by atoms with Crippen molar-refractivity contribution in [2.45, 2.75) is 31.7 Å². The van der Waals surface area contributed by atoms with Crippen molar-refractivity contribution in [2.24, 2.45) is 0 Å². The van der Waals surface area contributed by atoms with Crippen LogP contribution in [0.5, 0.6) is 0 Å². The Kier molecular flexibility index (Phi) is 5.49. The third kappa shape index (κ3) is 4.37. The van der Waals surface area contributed by atoms with Crippen molar-refractivity contribution in [3.05, 3.63) is 51.7 Å². The lowest BCUT2D eigenvalue weighted by Gasteiger charge is -2.16. The zero-order valence-electron chi connectivity index (χ0n) is 11.8. The molecule has 2 aromatic rings. The molecule has 0 saturated heterocycles. The van der Waals surface area contributed by atoms with Gasteiger partial charge in [-0.05, 0) is 49.5 Å². The first kappa shape index (κ1) is 14.6. The van der Waals surface area contributed by atoms with Crippen molar-refractivity contribution in [2.75, 3.05) is 12.3 Å². The zero-order chi connectivity index (χ0) is 13.7. The predicted octanol–water partition coefficient (Wildman–Crippen LogP) is 4.81. The molecule has 0 bridgehead atoms. The number of thiophene rings is 1. The van der Waals surface area contributed by atoms with Gasteiger partial charge in [-0.2, -0.15) is 0 Å². The van der Waals surface area contributed by atoms with Crippen LogP contribution in [0.1, 0.15) is 29.0 Å². The van der Waals surface area contributed by atoms with Crippen molar-refractivity contribution in [1.82, 2.24) is 5.32 Å². The molecule has 1 unspecified atom stereocenters. The summed E-state index contributed by atoms with van der Waals surface area (Å²) < 4.78 is 0. The highest BCUT2D eigenvalue weighted by molar-refractivity contribution is 7.99. The van der Waals surface area contributed by atoms with Crippen LogP contribution >= 0.6 is 23.1 Å². The molecule has 1 atom stereocenters. The van der Waals surface area contributed by atoms with Gasteiger partial charge in [-0.1, -0.05) is 24.6 Å². The lowest BCUT2D eigenvalue weighted by molar-refractivity contribution is 0.607. The second kappa shape index (κ2) is 7.13. The van der Waals surface area contributed by atoms with Crippen LogP contribution in [-0.4, -0.2) is 12.3 Å². The average Bonchev–Trinajstić information content (AvgIpc) is 2.83. The summed E-state index contributed by atoms with van der Waals surface area (Å²) in [4.78, 5) is 2.73. The molecule has 1 aromatic heterocycles. The van der Waals surface area contributed by atoms with Gasteiger partial charge >= 0.3 is 0 Å². The summed E-state index contributed by atoms with van der Waals surface area (Å²) in [5, 5.41) is 5.86. The largest absolute Gasteiger partial charge is 0.309 e. The lowest BCUT2D eigenvalue weighted by atomic mass is 10.2. The Labute approximate surface area is 124 Å². The summed E-state index contributed by atoms with van der Waals surface area (Å²) >= 11 is 3.76. The van der Waals surface area contributed by atoms with Gasteiger partial charge in [0.1, 0.15) is 0 Å². The van der Waals surface area contributed by atoms with Crippen molar-refractivity contribution in [3.8, 4) is 0 Å². The Morgan fingerprint density at radius 2 is 1.95 bits per heavy atom. The highest BCUT2D eigenvalue weighted by atomic mass is 32.2. The number of benzene rings is 1. The maximum atomic E-state index is 3.58. The third-order valence-corrected chi connectivity index (χ3v) is 5.03. The lowest BCUT2D eigenvalue weighted by Crippen LogP contribution is -2.22. The Morgan fingerprint density at radius 3 is 2.53 bits per heavy atom. The summed E-state index contributed by atoms with van der Waals surface area (Å²) in [5.41, 5.74) is 2.74.